The largest absolute Gasteiger partial charge is 0.456 e. The average Bonchev–Trinajstić information content (AvgIpc) is 2.47. The molecule has 22 heavy (non-hydrogen) atoms. The number of ether oxygens (including phenoxy) is 1. The van der Waals surface area contributed by atoms with Crippen molar-refractivity contribution in [3.63, 3.8) is 0 Å². The number of carbonyl (C=O) groups excluding carboxylic acids is 2. The van der Waals surface area contributed by atoms with Crippen LogP contribution in [0.3, 0.4) is 0 Å². The fourth-order valence-electron chi connectivity index (χ4n) is 2.97. The molecule has 0 N–H and O–H groups in total. The van der Waals surface area contributed by atoms with E-state index in [1.807, 2.05) is 30.3 Å². The summed E-state index contributed by atoms with van der Waals surface area (Å²) in [5.41, 5.74) is 0.984. The van der Waals surface area contributed by atoms with E-state index in [1.165, 1.54) is 19.8 Å². The molecule has 0 saturated carbocycles. The van der Waals surface area contributed by atoms with Crippen LogP contribution >= 0.6 is 0 Å². The Bertz CT molecular complexity index is 500. The van der Waals surface area contributed by atoms with Crippen LogP contribution in [0.4, 0.5) is 0 Å². The number of likely N-dealkylation sites (tertiary alicyclic amines) is 1. The van der Waals surface area contributed by atoms with Gasteiger partial charge in [-0.15, -0.1) is 0 Å². The monoisotopic (exact) mass is 303 g/mol. The highest BCUT2D eigenvalue weighted by Crippen LogP contribution is 2.23. The third-order valence-electron chi connectivity index (χ3n) is 4.00. The van der Waals surface area contributed by atoms with E-state index in [1.54, 1.807) is 0 Å². The van der Waals surface area contributed by atoms with Gasteiger partial charge < -0.3 is 4.74 Å². The number of hydrogen-bond acceptors (Lipinski definition) is 4. The maximum atomic E-state index is 11.9. The Labute approximate surface area is 132 Å². The van der Waals surface area contributed by atoms with E-state index >= 15 is 0 Å². The summed E-state index contributed by atoms with van der Waals surface area (Å²) in [5.74, 6) is 0.0768. The molecule has 0 aliphatic carbocycles. The van der Waals surface area contributed by atoms with Crippen LogP contribution in [0, 0.1) is 5.92 Å². The smallest absolute Gasteiger partial charge is 0.313 e. The number of rotatable bonds is 6. The number of piperidine rings is 1. The zero-order valence-corrected chi connectivity index (χ0v) is 13.5. The molecule has 1 heterocycles. The molecule has 2 unspecified atom stereocenters. The first-order chi connectivity index (χ1) is 10.5. The number of benzene rings is 1. The molecule has 1 saturated heterocycles. The maximum Gasteiger partial charge on any atom is 0.313 e. The van der Waals surface area contributed by atoms with Gasteiger partial charge in [-0.25, -0.2) is 0 Å². The Kier molecular flexibility index (Phi) is 6.13. The summed E-state index contributed by atoms with van der Waals surface area (Å²) >= 11 is 0. The number of carbonyl (C=O) groups is 2. The SMILES string of the molecule is CC(=O)CC(=O)OC(CN1CCCC(C)C1)c1ccccc1. The zero-order chi connectivity index (χ0) is 15.9. The zero-order valence-electron chi connectivity index (χ0n) is 13.5. The van der Waals surface area contributed by atoms with Gasteiger partial charge in [-0.1, -0.05) is 37.3 Å². The highest BCUT2D eigenvalue weighted by atomic mass is 16.5. The Hall–Kier alpha value is -1.68. The van der Waals surface area contributed by atoms with Gasteiger partial charge in [0.05, 0.1) is 0 Å². The molecule has 0 aromatic heterocycles. The van der Waals surface area contributed by atoms with Crippen molar-refractivity contribution in [2.45, 2.75) is 39.2 Å². The Morgan fingerprint density at radius 2 is 2.05 bits per heavy atom. The molecule has 0 amide bonds. The van der Waals surface area contributed by atoms with Crippen molar-refractivity contribution in [2.75, 3.05) is 19.6 Å². The molecule has 4 nitrogen and oxygen atoms in total. The molecule has 0 radical (unpaired) electrons. The normalized spacial score (nSPS) is 20.4. The highest BCUT2D eigenvalue weighted by molar-refractivity contribution is 5.94. The standard InChI is InChI=1S/C18H25NO3/c1-14-7-6-10-19(12-14)13-17(16-8-4-3-5-9-16)22-18(21)11-15(2)20/h3-5,8-9,14,17H,6-7,10-13H2,1-2H3. The minimum atomic E-state index is -0.439. The predicted molar refractivity (Wildman–Crippen MR) is 85.4 cm³/mol. The number of nitrogens with zero attached hydrogens (tertiary/aromatic N) is 1. The van der Waals surface area contributed by atoms with Crippen LogP contribution in [0.1, 0.15) is 44.8 Å². The first kappa shape index (κ1) is 16.7. The van der Waals surface area contributed by atoms with Crippen molar-refractivity contribution in [3.8, 4) is 0 Å². The number of Topliss-reactive ketones (excluding diaryl/α,β-unsaturated/α-hetero) is 1. The summed E-state index contributed by atoms with van der Waals surface area (Å²) in [4.78, 5) is 25.3. The van der Waals surface area contributed by atoms with Gasteiger partial charge in [0.1, 0.15) is 18.3 Å². The summed E-state index contributed by atoms with van der Waals surface area (Å²) in [6, 6.07) is 9.78. The summed E-state index contributed by atoms with van der Waals surface area (Å²) in [7, 11) is 0. The van der Waals surface area contributed by atoms with Crippen LogP contribution in [0.5, 0.6) is 0 Å². The first-order valence-electron chi connectivity index (χ1n) is 8.01. The van der Waals surface area contributed by atoms with Crippen LogP contribution in [0.2, 0.25) is 0 Å². The van der Waals surface area contributed by atoms with Gasteiger partial charge in [-0.2, -0.15) is 0 Å². The quantitative estimate of drug-likeness (QED) is 0.599. The fourth-order valence-corrected chi connectivity index (χ4v) is 2.97. The lowest BCUT2D eigenvalue weighted by Gasteiger charge is -2.33. The van der Waals surface area contributed by atoms with Gasteiger partial charge >= 0.3 is 5.97 Å². The molecule has 1 aromatic rings. The predicted octanol–water partition coefficient (Wildman–Crippen LogP) is 2.98. The van der Waals surface area contributed by atoms with Crippen LogP contribution < -0.4 is 0 Å². The van der Waals surface area contributed by atoms with Gasteiger partial charge in [-0.05, 0) is 37.8 Å². The molecule has 2 rings (SSSR count). The van der Waals surface area contributed by atoms with E-state index in [4.69, 9.17) is 4.74 Å². The second-order valence-electron chi connectivity index (χ2n) is 6.27. The van der Waals surface area contributed by atoms with Gasteiger partial charge in [0.25, 0.3) is 0 Å². The molecular formula is C18H25NO3. The highest BCUT2D eigenvalue weighted by Gasteiger charge is 2.24. The van der Waals surface area contributed by atoms with Gasteiger partial charge in [0.15, 0.2) is 0 Å². The van der Waals surface area contributed by atoms with Crippen LogP contribution in [-0.2, 0) is 14.3 Å². The minimum absolute atomic E-state index is 0.153. The van der Waals surface area contributed by atoms with E-state index in [0.29, 0.717) is 12.5 Å². The lowest BCUT2D eigenvalue weighted by atomic mass is 9.99. The molecule has 1 aliphatic rings. The van der Waals surface area contributed by atoms with Crippen molar-refractivity contribution in [1.29, 1.82) is 0 Å². The molecule has 4 heteroatoms. The topological polar surface area (TPSA) is 46.6 Å². The second-order valence-corrected chi connectivity index (χ2v) is 6.27. The first-order valence-corrected chi connectivity index (χ1v) is 8.01. The molecule has 0 spiro atoms. The molecule has 1 aliphatic heterocycles. The Morgan fingerprint density at radius 1 is 1.32 bits per heavy atom. The average molecular weight is 303 g/mol. The summed E-state index contributed by atoms with van der Waals surface area (Å²) < 4.78 is 5.58. The maximum absolute atomic E-state index is 11.9. The van der Waals surface area contributed by atoms with Crippen LogP contribution in [-0.4, -0.2) is 36.3 Å². The molecule has 120 valence electrons. The molecule has 0 bridgehead atoms. The lowest BCUT2D eigenvalue weighted by Crippen LogP contribution is -2.38. The lowest BCUT2D eigenvalue weighted by molar-refractivity contribution is -0.152. The summed E-state index contributed by atoms with van der Waals surface area (Å²) in [6.45, 7) is 6.43. The van der Waals surface area contributed by atoms with Crippen molar-refractivity contribution in [3.05, 3.63) is 35.9 Å². The van der Waals surface area contributed by atoms with E-state index < -0.39 is 5.97 Å². The van der Waals surface area contributed by atoms with E-state index in [9.17, 15) is 9.59 Å². The van der Waals surface area contributed by atoms with Gasteiger partial charge in [0.2, 0.25) is 0 Å². The van der Waals surface area contributed by atoms with Crippen molar-refractivity contribution < 1.29 is 14.3 Å². The molecular weight excluding hydrogens is 278 g/mol. The van der Waals surface area contributed by atoms with Gasteiger partial charge in [-0.3, -0.25) is 14.5 Å². The molecule has 2 atom stereocenters. The van der Waals surface area contributed by atoms with Crippen LogP contribution in [0.25, 0.3) is 0 Å². The third-order valence-corrected chi connectivity index (χ3v) is 4.00. The number of hydrogen-bond donors (Lipinski definition) is 0. The summed E-state index contributed by atoms with van der Waals surface area (Å²) in [5, 5.41) is 0. The summed E-state index contributed by atoms with van der Waals surface area (Å²) in [6.07, 6.45) is 1.99. The molecule has 1 aromatic carbocycles. The number of ketones is 1. The van der Waals surface area contributed by atoms with Crippen molar-refractivity contribution >= 4 is 11.8 Å². The van der Waals surface area contributed by atoms with Crippen molar-refractivity contribution in [2.24, 2.45) is 5.92 Å². The van der Waals surface area contributed by atoms with Crippen LogP contribution in [0.15, 0.2) is 30.3 Å². The van der Waals surface area contributed by atoms with E-state index in [-0.39, 0.29) is 18.3 Å². The number of esters is 1. The van der Waals surface area contributed by atoms with E-state index in [2.05, 4.69) is 11.8 Å². The van der Waals surface area contributed by atoms with Gasteiger partial charge in [0, 0.05) is 13.1 Å². The Balaban J connectivity index is 2.04. The van der Waals surface area contributed by atoms with E-state index in [0.717, 1.165) is 18.7 Å². The Morgan fingerprint density at radius 3 is 2.68 bits per heavy atom. The second kappa shape index (κ2) is 8.08. The fraction of sp³-hybridized carbons (Fsp3) is 0.556. The third kappa shape index (κ3) is 5.26. The molecule has 1 fully saturated rings. The van der Waals surface area contributed by atoms with Crippen molar-refractivity contribution in [1.82, 2.24) is 4.90 Å². The minimum Gasteiger partial charge on any atom is -0.456 e.